The minimum absolute atomic E-state index is 0.0234. The molecule has 0 aromatic carbocycles. The zero-order chi connectivity index (χ0) is 11.5. The Kier molecular flexibility index (Phi) is 3.65. The Bertz CT molecular complexity index is 259. The zero-order valence-corrected chi connectivity index (χ0v) is 8.69. The summed E-state index contributed by atoms with van der Waals surface area (Å²) >= 11 is 0. The lowest BCUT2D eigenvalue weighted by Crippen LogP contribution is -2.25. The number of hydrogen-bond donors (Lipinski definition) is 1. The average molecular weight is 218 g/mol. The Hall–Kier alpha value is -1.14. The van der Waals surface area contributed by atoms with Crippen molar-refractivity contribution < 1.29 is 28.9 Å². The van der Waals surface area contributed by atoms with E-state index in [4.69, 9.17) is 19.3 Å². The summed E-state index contributed by atoms with van der Waals surface area (Å²) in [6.07, 6.45) is -0.950. The van der Waals surface area contributed by atoms with Gasteiger partial charge in [0.2, 0.25) is 0 Å². The van der Waals surface area contributed by atoms with Crippen molar-refractivity contribution in [2.75, 3.05) is 13.2 Å². The summed E-state index contributed by atoms with van der Waals surface area (Å²) < 4.78 is 15.3. The minimum Gasteiger partial charge on any atom is -0.481 e. The van der Waals surface area contributed by atoms with Gasteiger partial charge in [-0.25, -0.2) is 0 Å². The van der Waals surface area contributed by atoms with Crippen LogP contribution in [0.1, 0.15) is 20.3 Å². The van der Waals surface area contributed by atoms with Crippen LogP contribution in [-0.4, -0.2) is 42.1 Å². The summed E-state index contributed by atoms with van der Waals surface area (Å²) in [5.41, 5.74) is 0. The smallest absolute Gasteiger partial charge is 0.317 e. The van der Waals surface area contributed by atoms with Gasteiger partial charge in [-0.2, -0.15) is 0 Å². The summed E-state index contributed by atoms with van der Waals surface area (Å²) in [4.78, 5) is 21.0. The second kappa shape index (κ2) is 4.59. The van der Waals surface area contributed by atoms with Gasteiger partial charge in [0, 0.05) is 0 Å². The normalized spacial score (nSPS) is 23.7. The van der Waals surface area contributed by atoms with Crippen molar-refractivity contribution in [2.24, 2.45) is 0 Å². The molecule has 6 heteroatoms. The van der Waals surface area contributed by atoms with Gasteiger partial charge in [-0.15, -0.1) is 0 Å². The molecule has 0 aliphatic carbocycles. The molecule has 1 heterocycles. The number of carboxylic acid groups (broad SMARTS) is 1. The average Bonchev–Trinajstić information content (AvgIpc) is 2.41. The third kappa shape index (κ3) is 4.26. The molecule has 0 saturated carbocycles. The van der Waals surface area contributed by atoms with Crippen LogP contribution < -0.4 is 0 Å². The molecule has 0 aromatic rings. The highest BCUT2D eigenvalue weighted by atomic mass is 16.7. The summed E-state index contributed by atoms with van der Waals surface area (Å²) in [7, 11) is 0. The van der Waals surface area contributed by atoms with E-state index in [0.717, 1.165) is 0 Å². The van der Waals surface area contributed by atoms with Crippen molar-refractivity contribution in [1.82, 2.24) is 0 Å². The number of carbonyl (C=O) groups is 2. The van der Waals surface area contributed by atoms with Crippen LogP contribution in [0.5, 0.6) is 0 Å². The molecule has 1 fully saturated rings. The van der Waals surface area contributed by atoms with E-state index >= 15 is 0 Å². The predicted octanol–water partition coefficient (Wildman–Crippen LogP) is 0.156. The van der Waals surface area contributed by atoms with Gasteiger partial charge in [0.1, 0.15) is 19.1 Å². The van der Waals surface area contributed by atoms with Gasteiger partial charge in [-0.3, -0.25) is 9.59 Å². The Labute approximate surface area is 87.1 Å². The maximum absolute atomic E-state index is 10.9. The van der Waals surface area contributed by atoms with Crippen molar-refractivity contribution in [3.63, 3.8) is 0 Å². The highest BCUT2D eigenvalue weighted by Gasteiger charge is 2.33. The fraction of sp³-hybridized carbons (Fsp3) is 0.778. The standard InChI is InChI=1S/C9H14O6/c1-9(2)14-5-6(15-9)4-13-8(12)3-7(10)11/h6H,3-5H2,1-2H3,(H,10,11). The summed E-state index contributed by atoms with van der Waals surface area (Å²) in [6.45, 7) is 3.88. The Morgan fingerprint density at radius 1 is 1.53 bits per heavy atom. The first-order valence-electron chi connectivity index (χ1n) is 4.58. The maximum Gasteiger partial charge on any atom is 0.317 e. The molecular formula is C9H14O6. The lowest BCUT2D eigenvalue weighted by molar-refractivity contribution is -0.161. The van der Waals surface area contributed by atoms with Crippen molar-refractivity contribution >= 4 is 11.9 Å². The third-order valence-electron chi connectivity index (χ3n) is 1.79. The first kappa shape index (κ1) is 11.9. The Balaban J connectivity index is 2.21. The second-order valence-corrected chi connectivity index (χ2v) is 3.70. The van der Waals surface area contributed by atoms with Gasteiger partial charge in [0.15, 0.2) is 5.79 Å². The van der Waals surface area contributed by atoms with Crippen LogP contribution >= 0.6 is 0 Å². The van der Waals surface area contributed by atoms with Crippen LogP contribution in [0, 0.1) is 0 Å². The largest absolute Gasteiger partial charge is 0.481 e. The van der Waals surface area contributed by atoms with Gasteiger partial charge in [-0.05, 0) is 13.8 Å². The number of rotatable bonds is 4. The van der Waals surface area contributed by atoms with E-state index in [1.54, 1.807) is 13.8 Å². The highest BCUT2D eigenvalue weighted by molar-refractivity contribution is 5.90. The number of carboxylic acids is 1. The molecule has 0 spiro atoms. The van der Waals surface area contributed by atoms with E-state index in [9.17, 15) is 9.59 Å². The first-order valence-corrected chi connectivity index (χ1v) is 4.58. The molecule has 1 saturated heterocycles. The highest BCUT2D eigenvalue weighted by Crippen LogP contribution is 2.22. The number of ether oxygens (including phenoxy) is 3. The van der Waals surface area contributed by atoms with Crippen LogP contribution in [0.2, 0.25) is 0 Å². The molecule has 0 radical (unpaired) electrons. The van der Waals surface area contributed by atoms with Crippen molar-refractivity contribution in [3.8, 4) is 0 Å². The summed E-state index contributed by atoms with van der Waals surface area (Å²) in [5, 5.41) is 8.30. The number of aliphatic carboxylic acids is 1. The molecule has 1 N–H and O–H groups in total. The summed E-state index contributed by atoms with van der Waals surface area (Å²) in [6, 6.07) is 0. The molecule has 0 amide bonds. The van der Waals surface area contributed by atoms with Gasteiger partial charge < -0.3 is 19.3 Å². The van der Waals surface area contributed by atoms with E-state index in [0.29, 0.717) is 6.61 Å². The molecule has 6 nitrogen and oxygen atoms in total. The molecule has 1 aliphatic rings. The summed E-state index contributed by atoms with van der Waals surface area (Å²) in [5.74, 6) is -2.64. The third-order valence-corrected chi connectivity index (χ3v) is 1.79. The molecule has 15 heavy (non-hydrogen) atoms. The van der Waals surface area contributed by atoms with Gasteiger partial charge in [0.05, 0.1) is 6.61 Å². The van der Waals surface area contributed by atoms with Gasteiger partial charge in [0.25, 0.3) is 0 Å². The Morgan fingerprint density at radius 2 is 2.20 bits per heavy atom. The molecule has 86 valence electrons. The molecule has 1 rings (SSSR count). The second-order valence-electron chi connectivity index (χ2n) is 3.70. The van der Waals surface area contributed by atoms with Crippen LogP contribution in [0.15, 0.2) is 0 Å². The van der Waals surface area contributed by atoms with E-state index < -0.39 is 24.1 Å². The number of esters is 1. The van der Waals surface area contributed by atoms with E-state index in [1.165, 1.54) is 0 Å². The SMILES string of the molecule is CC1(C)OCC(COC(=O)CC(=O)O)O1. The van der Waals surface area contributed by atoms with Crippen LogP contribution in [-0.2, 0) is 23.8 Å². The fourth-order valence-electron chi connectivity index (χ4n) is 1.21. The van der Waals surface area contributed by atoms with Gasteiger partial charge >= 0.3 is 11.9 Å². The monoisotopic (exact) mass is 218 g/mol. The van der Waals surface area contributed by atoms with E-state index in [1.807, 2.05) is 0 Å². The van der Waals surface area contributed by atoms with Crippen molar-refractivity contribution in [2.45, 2.75) is 32.2 Å². The van der Waals surface area contributed by atoms with Crippen LogP contribution in [0.25, 0.3) is 0 Å². The molecule has 0 aromatic heterocycles. The van der Waals surface area contributed by atoms with Crippen LogP contribution in [0.3, 0.4) is 0 Å². The topological polar surface area (TPSA) is 82.1 Å². The zero-order valence-electron chi connectivity index (χ0n) is 8.69. The lowest BCUT2D eigenvalue weighted by atomic mass is 10.4. The molecular weight excluding hydrogens is 204 g/mol. The fourth-order valence-corrected chi connectivity index (χ4v) is 1.21. The molecule has 0 bridgehead atoms. The molecule has 1 unspecified atom stereocenters. The van der Waals surface area contributed by atoms with Crippen molar-refractivity contribution in [1.29, 1.82) is 0 Å². The predicted molar refractivity (Wildman–Crippen MR) is 48.1 cm³/mol. The minimum atomic E-state index is -1.20. The Morgan fingerprint density at radius 3 is 2.67 bits per heavy atom. The van der Waals surface area contributed by atoms with E-state index in [-0.39, 0.29) is 12.7 Å². The number of carbonyl (C=O) groups excluding carboxylic acids is 1. The molecule has 1 aliphatic heterocycles. The van der Waals surface area contributed by atoms with Crippen LogP contribution in [0.4, 0.5) is 0 Å². The maximum atomic E-state index is 10.9. The first-order chi connectivity index (χ1) is 6.89. The van der Waals surface area contributed by atoms with Crippen molar-refractivity contribution in [3.05, 3.63) is 0 Å². The quantitative estimate of drug-likeness (QED) is 0.534. The van der Waals surface area contributed by atoms with E-state index in [2.05, 4.69) is 0 Å². The lowest BCUT2D eigenvalue weighted by Gasteiger charge is -2.16. The van der Waals surface area contributed by atoms with Gasteiger partial charge in [-0.1, -0.05) is 0 Å². The number of hydrogen-bond acceptors (Lipinski definition) is 5. The molecule has 1 atom stereocenters.